The number of halogens is 1. The fourth-order valence-electron chi connectivity index (χ4n) is 2.66. The predicted molar refractivity (Wildman–Crippen MR) is 99.9 cm³/mol. The zero-order valence-corrected chi connectivity index (χ0v) is 15.2. The second kappa shape index (κ2) is 7.57. The number of fused-ring (bicyclic) bond motifs is 1. The third-order valence-corrected chi connectivity index (χ3v) is 4.39. The molecule has 1 aliphatic heterocycles. The number of ether oxygens (including phenoxy) is 1. The molecule has 7 heteroatoms. The summed E-state index contributed by atoms with van der Waals surface area (Å²) in [6.45, 7) is 0.439. The van der Waals surface area contributed by atoms with E-state index in [1.54, 1.807) is 13.1 Å². The lowest BCUT2D eigenvalue weighted by atomic mass is 10.1. The Labute approximate surface area is 154 Å². The zero-order valence-electron chi connectivity index (χ0n) is 13.7. The van der Waals surface area contributed by atoms with Crippen molar-refractivity contribution in [3.8, 4) is 5.75 Å². The number of hydrogen-bond donors (Lipinski definition) is 2. The minimum Gasteiger partial charge on any atom is -0.477 e. The Morgan fingerprint density at radius 1 is 1.20 bits per heavy atom. The topological polar surface area (TPSA) is 70.7 Å². The van der Waals surface area contributed by atoms with Gasteiger partial charge in [-0.15, -0.1) is 0 Å². The van der Waals surface area contributed by atoms with Crippen LogP contribution >= 0.6 is 15.9 Å². The van der Waals surface area contributed by atoms with Gasteiger partial charge < -0.3 is 20.3 Å². The lowest BCUT2D eigenvalue weighted by Gasteiger charge is -2.34. The summed E-state index contributed by atoms with van der Waals surface area (Å²) in [5.74, 6) is 0.223. The van der Waals surface area contributed by atoms with Gasteiger partial charge >= 0.3 is 0 Å². The molecular weight excluding hydrogens is 386 g/mol. The molecule has 25 heavy (non-hydrogen) atoms. The summed E-state index contributed by atoms with van der Waals surface area (Å²) in [7, 11) is 1.57. The van der Waals surface area contributed by atoms with E-state index in [2.05, 4.69) is 26.6 Å². The Balaban J connectivity index is 1.74. The van der Waals surface area contributed by atoms with Gasteiger partial charge in [0, 0.05) is 17.2 Å². The minimum atomic E-state index is -0.652. The summed E-state index contributed by atoms with van der Waals surface area (Å²) >= 11 is 3.36. The number of para-hydroxylation sites is 2. The van der Waals surface area contributed by atoms with E-state index in [0.717, 1.165) is 15.8 Å². The first-order valence-electron chi connectivity index (χ1n) is 7.84. The average Bonchev–Trinajstić information content (AvgIpc) is 2.62. The summed E-state index contributed by atoms with van der Waals surface area (Å²) in [5.41, 5.74) is 1.52. The van der Waals surface area contributed by atoms with Gasteiger partial charge in [0.15, 0.2) is 6.10 Å². The molecule has 0 fully saturated rings. The summed E-state index contributed by atoms with van der Waals surface area (Å²) in [4.78, 5) is 26.2. The van der Waals surface area contributed by atoms with Crippen molar-refractivity contribution >= 4 is 39.1 Å². The molecule has 6 nitrogen and oxygen atoms in total. The molecule has 0 spiro atoms. The number of nitrogens with one attached hydrogen (secondary N) is 2. The molecule has 1 aliphatic rings. The number of benzene rings is 2. The molecule has 2 N–H and O–H groups in total. The molecule has 0 saturated heterocycles. The lowest BCUT2D eigenvalue weighted by molar-refractivity contribution is -0.127. The van der Waals surface area contributed by atoms with Crippen LogP contribution in [0.5, 0.6) is 5.75 Å². The quantitative estimate of drug-likeness (QED) is 0.821. The van der Waals surface area contributed by atoms with E-state index in [4.69, 9.17) is 4.74 Å². The van der Waals surface area contributed by atoms with Gasteiger partial charge in [0.05, 0.1) is 18.8 Å². The van der Waals surface area contributed by atoms with Crippen molar-refractivity contribution in [2.45, 2.75) is 6.10 Å². The van der Waals surface area contributed by atoms with E-state index in [1.165, 1.54) is 0 Å². The number of rotatable bonds is 4. The molecule has 1 heterocycles. The van der Waals surface area contributed by atoms with Crippen LogP contribution in [0.1, 0.15) is 0 Å². The van der Waals surface area contributed by atoms with Crippen LogP contribution in [0.3, 0.4) is 0 Å². The molecule has 0 saturated carbocycles. The maximum Gasteiger partial charge on any atom is 0.262 e. The zero-order chi connectivity index (χ0) is 17.8. The standard InChI is InChI=1S/C18H18BrN3O3/c1-20-18(24)16-10-22(14-4-2-3-5-15(14)25-16)11-17(23)21-13-8-6-12(19)7-9-13/h2-9,16H,10-11H2,1H3,(H,20,24)(H,21,23)/t16-/m1/s1. The fourth-order valence-corrected chi connectivity index (χ4v) is 2.93. The van der Waals surface area contributed by atoms with Gasteiger partial charge in [-0.2, -0.15) is 0 Å². The Kier molecular flexibility index (Phi) is 5.23. The molecule has 0 aromatic heterocycles. The van der Waals surface area contributed by atoms with Crippen molar-refractivity contribution in [2.75, 3.05) is 30.4 Å². The van der Waals surface area contributed by atoms with Gasteiger partial charge in [0.2, 0.25) is 5.91 Å². The first-order chi connectivity index (χ1) is 12.1. The van der Waals surface area contributed by atoms with Crippen molar-refractivity contribution in [1.29, 1.82) is 0 Å². The maximum absolute atomic E-state index is 12.4. The minimum absolute atomic E-state index is 0.129. The molecule has 0 bridgehead atoms. The Morgan fingerprint density at radius 2 is 1.92 bits per heavy atom. The molecule has 2 aromatic carbocycles. The van der Waals surface area contributed by atoms with E-state index in [1.807, 2.05) is 47.4 Å². The smallest absolute Gasteiger partial charge is 0.262 e. The third-order valence-electron chi connectivity index (χ3n) is 3.86. The van der Waals surface area contributed by atoms with E-state index in [0.29, 0.717) is 12.3 Å². The van der Waals surface area contributed by atoms with Crippen LogP contribution in [0.15, 0.2) is 53.0 Å². The highest BCUT2D eigenvalue weighted by atomic mass is 79.9. The van der Waals surface area contributed by atoms with Gasteiger partial charge in [0.1, 0.15) is 5.75 Å². The fraction of sp³-hybridized carbons (Fsp3) is 0.222. The van der Waals surface area contributed by atoms with Crippen LogP contribution < -0.4 is 20.3 Å². The maximum atomic E-state index is 12.4. The normalized spacial score (nSPS) is 15.8. The predicted octanol–water partition coefficient (Wildman–Crippen LogP) is 2.40. The molecule has 2 amide bonds. The lowest BCUT2D eigenvalue weighted by Crippen LogP contribution is -2.50. The largest absolute Gasteiger partial charge is 0.477 e. The monoisotopic (exact) mass is 403 g/mol. The Morgan fingerprint density at radius 3 is 2.64 bits per heavy atom. The first kappa shape index (κ1) is 17.3. The van der Waals surface area contributed by atoms with Gasteiger partial charge in [-0.25, -0.2) is 0 Å². The van der Waals surface area contributed by atoms with Gasteiger partial charge in [-0.05, 0) is 36.4 Å². The molecule has 0 radical (unpaired) electrons. The first-order valence-corrected chi connectivity index (χ1v) is 8.64. The average molecular weight is 404 g/mol. The summed E-state index contributed by atoms with van der Waals surface area (Å²) < 4.78 is 6.68. The van der Waals surface area contributed by atoms with E-state index >= 15 is 0 Å². The van der Waals surface area contributed by atoms with Crippen molar-refractivity contribution in [2.24, 2.45) is 0 Å². The molecule has 0 unspecified atom stereocenters. The van der Waals surface area contributed by atoms with Crippen molar-refractivity contribution in [3.63, 3.8) is 0 Å². The van der Waals surface area contributed by atoms with Crippen molar-refractivity contribution in [1.82, 2.24) is 5.32 Å². The number of nitrogens with zero attached hydrogens (tertiary/aromatic N) is 1. The van der Waals surface area contributed by atoms with Crippen LogP contribution in [0, 0.1) is 0 Å². The SMILES string of the molecule is CNC(=O)[C@H]1CN(CC(=O)Nc2ccc(Br)cc2)c2ccccc2O1. The highest BCUT2D eigenvalue weighted by molar-refractivity contribution is 9.10. The molecule has 2 aromatic rings. The van der Waals surface area contributed by atoms with Gasteiger partial charge in [0.25, 0.3) is 5.91 Å². The number of carbonyl (C=O) groups excluding carboxylic acids is 2. The van der Waals surface area contributed by atoms with Crippen LogP contribution in [0.4, 0.5) is 11.4 Å². The third kappa shape index (κ3) is 4.11. The molecule has 3 rings (SSSR count). The molecule has 0 aliphatic carbocycles. The van der Waals surface area contributed by atoms with Crippen LogP contribution in [0.25, 0.3) is 0 Å². The van der Waals surface area contributed by atoms with E-state index < -0.39 is 6.10 Å². The Hall–Kier alpha value is -2.54. The summed E-state index contributed by atoms with van der Waals surface area (Å²) in [6, 6.07) is 14.8. The molecule has 130 valence electrons. The second-order valence-corrected chi connectivity index (χ2v) is 6.54. The highest BCUT2D eigenvalue weighted by Crippen LogP contribution is 2.32. The number of carbonyl (C=O) groups is 2. The van der Waals surface area contributed by atoms with Crippen molar-refractivity contribution < 1.29 is 14.3 Å². The summed E-state index contributed by atoms with van der Waals surface area (Å²) in [6.07, 6.45) is -0.652. The number of anilines is 2. The highest BCUT2D eigenvalue weighted by Gasteiger charge is 2.30. The van der Waals surface area contributed by atoms with Crippen LogP contribution in [-0.2, 0) is 9.59 Å². The van der Waals surface area contributed by atoms with Gasteiger partial charge in [-0.3, -0.25) is 9.59 Å². The second-order valence-electron chi connectivity index (χ2n) is 5.62. The van der Waals surface area contributed by atoms with Gasteiger partial charge in [-0.1, -0.05) is 28.1 Å². The number of amides is 2. The van der Waals surface area contributed by atoms with E-state index in [-0.39, 0.29) is 18.4 Å². The van der Waals surface area contributed by atoms with Crippen LogP contribution in [-0.4, -0.2) is 38.1 Å². The van der Waals surface area contributed by atoms with Crippen molar-refractivity contribution in [3.05, 3.63) is 53.0 Å². The summed E-state index contributed by atoms with van der Waals surface area (Å²) in [5, 5.41) is 5.45. The Bertz CT molecular complexity index is 779. The van der Waals surface area contributed by atoms with E-state index in [9.17, 15) is 9.59 Å². The van der Waals surface area contributed by atoms with Crippen LogP contribution in [0.2, 0.25) is 0 Å². The molecular formula is C18H18BrN3O3. The molecule has 1 atom stereocenters. The number of hydrogen-bond acceptors (Lipinski definition) is 4. The number of likely N-dealkylation sites (N-methyl/N-ethyl adjacent to an activating group) is 1.